The van der Waals surface area contributed by atoms with Crippen molar-refractivity contribution < 1.29 is 0 Å². The van der Waals surface area contributed by atoms with Crippen LogP contribution in [0.2, 0.25) is 5.15 Å². The third kappa shape index (κ3) is 1.41. The summed E-state index contributed by atoms with van der Waals surface area (Å²) in [6.07, 6.45) is 1.51. The van der Waals surface area contributed by atoms with E-state index in [2.05, 4.69) is 9.83 Å². The maximum absolute atomic E-state index is 6.58. The summed E-state index contributed by atoms with van der Waals surface area (Å²) in [6.45, 7) is 6.58. The predicted octanol–water partition coefficient (Wildman–Crippen LogP) is 2.29. The van der Waals surface area contributed by atoms with Crippen molar-refractivity contribution in [2.75, 3.05) is 0 Å². The molecule has 0 saturated heterocycles. The second-order valence-electron chi connectivity index (χ2n) is 1.45. The molecule has 9 heavy (non-hydrogen) atoms. The minimum atomic E-state index is 0.364. The zero-order chi connectivity index (χ0) is 6.69. The van der Waals surface area contributed by atoms with Gasteiger partial charge in [-0.05, 0) is 12.1 Å². The Hall–Kier alpha value is -1.07. The molecular formula is C6H3ClN2. The summed E-state index contributed by atoms with van der Waals surface area (Å²) >= 11 is 5.47. The highest BCUT2D eigenvalue weighted by atomic mass is 35.5. The minimum absolute atomic E-state index is 0.364. The van der Waals surface area contributed by atoms with E-state index in [0.717, 1.165) is 0 Å². The van der Waals surface area contributed by atoms with Crippen LogP contribution in [0.4, 0.5) is 5.69 Å². The maximum atomic E-state index is 6.58. The molecule has 0 aliphatic carbocycles. The fourth-order valence-electron chi connectivity index (χ4n) is 0.462. The Labute approximate surface area is 57.9 Å². The Morgan fingerprint density at radius 2 is 2.44 bits per heavy atom. The minimum Gasteiger partial charge on any atom is -0.247 e. The lowest BCUT2D eigenvalue weighted by Gasteiger charge is -1.86. The largest absolute Gasteiger partial charge is 0.247 e. The van der Waals surface area contributed by atoms with E-state index in [1.54, 1.807) is 6.07 Å². The van der Waals surface area contributed by atoms with E-state index in [4.69, 9.17) is 18.2 Å². The van der Waals surface area contributed by atoms with Gasteiger partial charge in [-0.2, -0.15) is 0 Å². The highest BCUT2D eigenvalue weighted by molar-refractivity contribution is 6.29. The van der Waals surface area contributed by atoms with E-state index in [9.17, 15) is 0 Å². The topological polar surface area (TPSA) is 17.2 Å². The van der Waals surface area contributed by atoms with Crippen molar-refractivity contribution in [3.63, 3.8) is 0 Å². The fraction of sp³-hybridized carbons (Fsp3) is 0. The van der Waals surface area contributed by atoms with Gasteiger partial charge in [-0.3, -0.25) is 0 Å². The van der Waals surface area contributed by atoms with Gasteiger partial charge in [0.05, 0.1) is 6.57 Å². The van der Waals surface area contributed by atoms with Crippen LogP contribution in [-0.2, 0) is 0 Å². The molecule has 0 atom stereocenters. The summed E-state index contributed by atoms with van der Waals surface area (Å²) in [4.78, 5) is 6.87. The Bertz CT molecular complexity index is 251. The highest BCUT2D eigenvalue weighted by Gasteiger charge is 1.89. The summed E-state index contributed by atoms with van der Waals surface area (Å²) in [5.74, 6) is 0. The van der Waals surface area contributed by atoms with Crippen LogP contribution in [0.15, 0.2) is 18.3 Å². The van der Waals surface area contributed by atoms with E-state index in [1.807, 2.05) is 0 Å². The van der Waals surface area contributed by atoms with Gasteiger partial charge in [-0.15, -0.1) is 0 Å². The average molecular weight is 139 g/mol. The van der Waals surface area contributed by atoms with E-state index in [-0.39, 0.29) is 0 Å². The molecule has 44 valence electrons. The van der Waals surface area contributed by atoms with Gasteiger partial charge in [-0.1, -0.05) is 11.6 Å². The average Bonchev–Trinajstić information content (AvgIpc) is 1.88. The normalized spacial score (nSPS) is 8.44. The van der Waals surface area contributed by atoms with Crippen LogP contribution in [0, 0.1) is 6.57 Å². The molecule has 3 heteroatoms. The molecule has 0 aromatic carbocycles. The van der Waals surface area contributed by atoms with Crippen molar-refractivity contribution >= 4 is 17.3 Å². The standard InChI is InChI=1S/C6H3ClN2/c1-8-5-2-3-9-6(7)4-5/h2-4H. The van der Waals surface area contributed by atoms with Gasteiger partial charge in [-0.25, -0.2) is 9.83 Å². The molecular weight excluding hydrogens is 136 g/mol. The fourth-order valence-corrected chi connectivity index (χ4v) is 0.630. The lowest BCUT2D eigenvalue weighted by atomic mass is 10.4. The molecule has 0 radical (unpaired) electrons. The first-order chi connectivity index (χ1) is 4.33. The number of aromatic nitrogens is 1. The summed E-state index contributed by atoms with van der Waals surface area (Å²) in [5.41, 5.74) is 0.523. The Morgan fingerprint density at radius 3 is 2.89 bits per heavy atom. The lowest BCUT2D eigenvalue weighted by Crippen LogP contribution is -1.68. The van der Waals surface area contributed by atoms with Gasteiger partial charge >= 0.3 is 0 Å². The molecule has 1 heterocycles. The van der Waals surface area contributed by atoms with Gasteiger partial charge in [0, 0.05) is 6.20 Å². The molecule has 0 aliphatic heterocycles. The van der Waals surface area contributed by atoms with Gasteiger partial charge < -0.3 is 0 Å². The van der Waals surface area contributed by atoms with Crippen LogP contribution in [0.25, 0.3) is 4.85 Å². The summed E-state index contributed by atoms with van der Waals surface area (Å²) in [6, 6.07) is 3.13. The monoisotopic (exact) mass is 138 g/mol. The first-order valence-corrected chi connectivity index (χ1v) is 2.70. The third-order valence-electron chi connectivity index (χ3n) is 0.839. The number of hydrogen-bond acceptors (Lipinski definition) is 1. The molecule has 0 bridgehead atoms. The van der Waals surface area contributed by atoms with Crippen LogP contribution in [0.1, 0.15) is 0 Å². The van der Waals surface area contributed by atoms with E-state index in [1.165, 1.54) is 12.3 Å². The van der Waals surface area contributed by atoms with Crippen molar-refractivity contribution in [3.8, 4) is 0 Å². The van der Waals surface area contributed by atoms with Gasteiger partial charge in [0.1, 0.15) is 5.15 Å². The van der Waals surface area contributed by atoms with Crippen molar-refractivity contribution in [2.24, 2.45) is 0 Å². The summed E-state index contributed by atoms with van der Waals surface area (Å²) in [7, 11) is 0. The molecule has 0 spiro atoms. The molecule has 0 saturated carbocycles. The summed E-state index contributed by atoms with van der Waals surface area (Å²) in [5, 5.41) is 0.364. The lowest BCUT2D eigenvalue weighted by molar-refractivity contribution is 1.34. The maximum Gasteiger partial charge on any atom is 0.191 e. The van der Waals surface area contributed by atoms with Crippen LogP contribution in [-0.4, -0.2) is 4.98 Å². The number of rotatable bonds is 0. The van der Waals surface area contributed by atoms with Crippen LogP contribution in [0.5, 0.6) is 0 Å². The summed E-state index contributed by atoms with van der Waals surface area (Å²) < 4.78 is 0. The molecule has 0 amide bonds. The molecule has 2 nitrogen and oxygen atoms in total. The Morgan fingerprint density at radius 1 is 1.67 bits per heavy atom. The van der Waals surface area contributed by atoms with Crippen molar-refractivity contribution in [1.29, 1.82) is 0 Å². The molecule has 1 aromatic heterocycles. The molecule has 0 fully saturated rings. The second kappa shape index (κ2) is 2.47. The quantitative estimate of drug-likeness (QED) is 0.397. The second-order valence-corrected chi connectivity index (χ2v) is 1.84. The van der Waals surface area contributed by atoms with Crippen LogP contribution >= 0.6 is 11.6 Å². The van der Waals surface area contributed by atoms with Crippen molar-refractivity contribution in [1.82, 2.24) is 4.98 Å². The zero-order valence-corrected chi connectivity index (χ0v) is 5.26. The van der Waals surface area contributed by atoms with Gasteiger partial charge in [0.25, 0.3) is 0 Å². The van der Waals surface area contributed by atoms with Gasteiger partial charge in [0.2, 0.25) is 0 Å². The van der Waals surface area contributed by atoms with E-state index >= 15 is 0 Å². The third-order valence-corrected chi connectivity index (χ3v) is 1.05. The van der Waals surface area contributed by atoms with E-state index < -0.39 is 0 Å². The zero-order valence-electron chi connectivity index (χ0n) is 4.50. The molecule has 0 unspecified atom stereocenters. The number of hydrogen-bond donors (Lipinski definition) is 0. The number of nitrogens with zero attached hydrogens (tertiary/aromatic N) is 2. The molecule has 1 aromatic rings. The molecule has 0 aliphatic rings. The van der Waals surface area contributed by atoms with Gasteiger partial charge in [0.15, 0.2) is 5.69 Å². The molecule has 1 rings (SSSR count). The van der Waals surface area contributed by atoms with Crippen LogP contribution in [0.3, 0.4) is 0 Å². The Kier molecular flexibility index (Phi) is 1.66. The number of pyridine rings is 1. The van der Waals surface area contributed by atoms with E-state index in [0.29, 0.717) is 10.8 Å². The van der Waals surface area contributed by atoms with Crippen LogP contribution < -0.4 is 0 Å². The predicted molar refractivity (Wildman–Crippen MR) is 35.5 cm³/mol. The van der Waals surface area contributed by atoms with Crippen molar-refractivity contribution in [3.05, 3.63) is 34.9 Å². The smallest absolute Gasteiger partial charge is 0.191 e. The Balaban J connectivity index is 3.12. The molecule has 0 N–H and O–H groups in total. The first-order valence-electron chi connectivity index (χ1n) is 2.32. The first kappa shape index (κ1) is 6.06. The van der Waals surface area contributed by atoms with Crippen molar-refractivity contribution in [2.45, 2.75) is 0 Å². The SMILES string of the molecule is [C-]#[N+]c1ccnc(Cl)c1. The number of halogens is 1. The highest BCUT2D eigenvalue weighted by Crippen LogP contribution is 2.13.